The molecule has 4 rings (SSSR count). The van der Waals surface area contributed by atoms with Crippen molar-refractivity contribution in [2.75, 3.05) is 11.1 Å². The highest BCUT2D eigenvalue weighted by molar-refractivity contribution is 7.99. The minimum absolute atomic E-state index is 0.163. The molecule has 7 nitrogen and oxygen atoms in total. The second kappa shape index (κ2) is 8.74. The van der Waals surface area contributed by atoms with E-state index in [0.717, 1.165) is 24.3 Å². The van der Waals surface area contributed by atoms with Gasteiger partial charge < -0.3 is 14.5 Å². The number of hydrogen-bond acceptors (Lipinski definition) is 8. The molecule has 1 aliphatic carbocycles. The predicted octanol–water partition coefficient (Wildman–Crippen LogP) is 4.02. The summed E-state index contributed by atoms with van der Waals surface area (Å²) in [6, 6.07) is 6.23. The Morgan fingerprint density at radius 1 is 1.29 bits per heavy atom. The summed E-state index contributed by atoms with van der Waals surface area (Å²) in [4.78, 5) is 16.1. The summed E-state index contributed by atoms with van der Waals surface area (Å²) in [7, 11) is 0. The van der Waals surface area contributed by atoms with E-state index in [9.17, 15) is 4.79 Å². The molecule has 0 saturated heterocycles. The number of thioether (sulfide) groups is 1. The van der Waals surface area contributed by atoms with Gasteiger partial charge in [0.1, 0.15) is 5.75 Å². The molecule has 0 bridgehead atoms. The van der Waals surface area contributed by atoms with Gasteiger partial charge in [0.15, 0.2) is 11.7 Å². The summed E-state index contributed by atoms with van der Waals surface area (Å²) >= 11 is 2.58. The maximum Gasteiger partial charge on any atom is 0.277 e. The highest BCUT2D eigenvalue weighted by Crippen LogP contribution is 2.26. The molecule has 0 fully saturated rings. The molecule has 0 radical (unpaired) electrons. The first-order chi connectivity index (χ1) is 13.7. The Bertz CT molecular complexity index is 970. The molecule has 0 atom stereocenters. The molecule has 0 spiro atoms. The molecule has 2 aromatic heterocycles. The van der Waals surface area contributed by atoms with Crippen molar-refractivity contribution in [2.24, 2.45) is 0 Å². The van der Waals surface area contributed by atoms with Gasteiger partial charge in [0.2, 0.25) is 5.91 Å². The highest BCUT2D eigenvalue weighted by atomic mass is 32.2. The largest absolute Gasteiger partial charge is 0.484 e. The topological polar surface area (TPSA) is 90.1 Å². The zero-order valence-corrected chi connectivity index (χ0v) is 17.1. The molecule has 146 valence electrons. The van der Waals surface area contributed by atoms with Crippen LogP contribution in [0.3, 0.4) is 0 Å². The van der Waals surface area contributed by atoms with Crippen molar-refractivity contribution in [1.29, 1.82) is 0 Å². The lowest BCUT2D eigenvalue weighted by Gasteiger charge is -2.16. The average Bonchev–Trinajstić information content (AvgIpc) is 3.33. The second-order valence-corrected chi connectivity index (χ2v) is 8.30. The van der Waals surface area contributed by atoms with Crippen molar-refractivity contribution in [2.45, 2.75) is 44.4 Å². The number of thiazole rings is 1. The van der Waals surface area contributed by atoms with E-state index in [4.69, 9.17) is 9.15 Å². The summed E-state index contributed by atoms with van der Waals surface area (Å²) in [6.45, 7) is 2.09. The Morgan fingerprint density at radius 3 is 2.96 bits per heavy atom. The molecular formula is C19H20N4O3S2. The van der Waals surface area contributed by atoms with Gasteiger partial charge in [-0.05, 0) is 55.9 Å². The summed E-state index contributed by atoms with van der Waals surface area (Å²) < 4.78 is 11.3. The number of anilines is 1. The summed E-state index contributed by atoms with van der Waals surface area (Å²) in [5.41, 5.74) is 3.67. The molecule has 1 amide bonds. The Morgan fingerprint density at radius 2 is 2.14 bits per heavy atom. The van der Waals surface area contributed by atoms with Gasteiger partial charge in [-0.3, -0.25) is 4.79 Å². The van der Waals surface area contributed by atoms with Crippen LogP contribution in [0.1, 0.15) is 35.6 Å². The van der Waals surface area contributed by atoms with Crippen molar-refractivity contribution in [1.82, 2.24) is 15.2 Å². The molecule has 28 heavy (non-hydrogen) atoms. The van der Waals surface area contributed by atoms with Crippen LogP contribution in [0, 0.1) is 6.92 Å². The molecule has 2 heterocycles. The van der Waals surface area contributed by atoms with Crippen LogP contribution in [-0.4, -0.2) is 26.8 Å². The smallest absolute Gasteiger partial charge is 0.277 e. The van der Waals surface area contributed by atoms with E-state index in [1.807, 2.05) is 18.4 Å². The Hall–Kier alpha value is -2.39. The fourth-order valence-corrected chi connectivity index (χ4v) is 4.28. The Labute approximate surface area is 170 Å². The van der Waals surface area contributed by atoms with Gasteiger partial charge in [-0.15, -0.1) is 21.5 Å². The van der Waals surface area contributed by atoms with E-state index in [-0.39, 0.29) is 18.3 Å². The lowest BCUT2D eigenvalue weighted by Crippen LogP contribution is -2.13. The number of aryl methyl sites for hydroxylation is 3. The Kier molecular flexibility index (Phi) is 5.92. The third-order valence-corrected chi connectivity index (χ3v) is 6.02. The summed E-state index contributed by atoms with van der Waals surface area (Å²) in [5, 5.41) is 13.5. The summed E-state index contributed by atoms with van der Waals surface area (Å²) in [5.74, 6) is 1.21. The minimum Gasteiger partial charge on any atom is -0.484 e. The molecule has 1 aromatic carbocycles. The van der Waals surface area contributed by atoms with E-state index in [1.54, 1.807) is 0 Å². The van der Waals surface area contributed by atoms with Gasteiger partial charge in [-0.1, -0.05) is 17.8 Å². The molecule has 1 N–H and O–H groups in total. The predicted molar refractivity (Wildman–Crippen MR) is 108 cm³/mol. The fourth-order valence-electron chi connectivity index (χ4n) is 2.99. The third kappa shape index (κ3) is 4.90. The van der Waals surface area contributed by atoms with Gasteiger partial charge in [0.25, 0.3) is 11.1 Å². The Balaban J connectivity index is 1.25. The van der Waals surface area contributed by atoms with Gasteiger partial charge in [0, 0.05) is 5.38 Å². The number of hydrogen-bond donors (Lipinski definition) is 1. The average molecular weight is 417 g/mol. The first kappa shape index (κ1) is 18.9. The first-order valence-electron chi connectivity index (χ1n) is 9.07. The second-order valence-electron chi connectivity index (χ2n) is 6.52. The van der Waals surface area contributed by atoms with Crippen LogP contribution in [0.25, 0.3) is 0 Å². The van der Waals surface area contributed by atoms with Crippen molar-refractivity contribution < 1.29 is 13.9 Å². The third-order valence-electron chi connectivity index (χ3n) is 4.32. The number of amides is 1. The van der Waals surface area contributed by atoms with Gasteiger partial charge in [-0.25, -0.2) is 4.98 Å². The van der Waals surface area contributed by atoms with Crippen molar-refractivity contribution in [3.8, 4) is 5.75 Å². The molecule has 9 heteroatoms. The van der Waals surface area contributed by atoms with E-state index in [0.29, 0.717) is 16.2 Å². The number of nitrogens with one attached hydrogen (secondary N) is 1. The van der Waals surface area contributed by atoms with Crippen LogP contribution in [-0.2, 0) is 24.2 Å². The van der Waals surface area contributed by atoms with Crippen molar-refractivity contribution in [3.63, 3.8) is 0 Å². The lowest BCUT2D eigenvalue weighted by molar-refractivity contribution is -0.113. The fraction of sp³-hybridized carbons (Fsp3) is 0.368. The van der Waals surface area contributed by atoms with Crippen LogP contribution in [0.5, 0.6) is 5.75 Å². The monoisotopic (exact) mass is 416 g/mol. The first-order valence-corrected chi connectivity index (χ1v) is 10.9. The molecular weight excluding hydrogens is 396 g/mol. The van der Waals surface area contributed by atoms with E-state index >= 15 is 0 Å². The highest BCUT2D eigenvalue weighted by Gasteiger charge is 2.13. The van der Waals surface area contributed by atoms with Crippen LogP contribution in [0.15, 0.2) is 33.2 Å². The van der Waals surface area contributed by atoms with E-state index < -0.39 is 0 Å². The molecule has 0 aliphatic heterocycles. The maximum absolute atomic E-state index is 12.0. The van der Waals surface area contributed by atoms with Crippen molar-refractivity contribution in [3.05, 3.63) is 46.3 Å². The van der Waals surface area contributed by atoms with Crippen molar-refractivity contribution >= 4 is 34.1 Å². The van der Waals surface area contributed by atoms with Crippen LogP contribution in [0.2, 0.25) is 0 Å². The van der Waals surface area contributed by atoms with E-state index in [1.165, 1.54) is 47.1 Å². The minimum atomic E-state index is -0.163. The van der Waals surface area contributed by atoms with Crippen LogP contribution >= 0.6 is 23.1 Å². The normalized spacial score (nSPS) is 13.2. The number of carbonyl (C=O) groups excluding carboxylic acids is 1. The number of carbonyl (C=O) groups is 1. The standard InChI is InChI=1S/C19H20N4O3S2/c1-12-10-27-18(20-12)21-16(24)11-28-19-23-22-17(26-19)9-25-15-7-6-13-4-2-3-5-14(13)8-15/h6-8,10H,2-5,9,11H2,1H3,(H,20,21,24). The molecule has 1 aliphatic rings. The zero-order valence-electron chi connectivity index (χ0n) is 15.4. The zero-order chi connectivity index (χ0) is 19.3. The SMILES string of the molecule is Cc1csc(NC(=O)CSc2nnc(COc3ccc4c(c3)CCCC4)o2)n1. The quantitative estimate of drug-likeness (QED) is 0.582. The number of aromatic nitrogens is 3. The number of ether oxygens (including phenoxy) is 1. The van der Waals surface area contributed by atoms with Gasteiger partial charge in [-0.2, -0.15) is 0 Å². The number of benzene rings is 1. The number of fused-ring (bicyclic) bond motifs is 1. The van der Waals surface area contributed by atoms with Crippen LogP contribution < -0.4 is 10.1 Å². The number of nitrogens with zero attached hydrogens (tertiary/aromatic N) is 3. The van der Waals surface area contributed by atoms with Crippen LogP contribution in [0.4, 0.5) is 5.13 Å². The maximum atomic E-state index is 12.0. The van der Waals surface area contributed by atoms with Gasteiger partial charge >= 0.3 is 0 Å². The van der Waals surface area contributed by atoms with E-state index in [2.05, 4.69) is 32.6 Å². The molecule has 3 aromatic rings. The van der Waals surface area contributed by atoms with Gasteiger partial charge in [0.05, 0.1) is 11.4 Å². The molecule has 0 saturated carbocycles. The summed E-state index contributed by atoms with van der Waals surface area (Å²) in [6.07, 6.45) is 4.75. The molecule has 0 unspecified atom stereocenters. The number of rotatable bonds is 7. The lowest BCUT2D eigenvalue weighted by atomic mass is 9.92.